The van der Waals surface area contributed by atoms with E-state index >= 15 is 0 Å². The maximum absolute atomic E-state index is 12.2. The van der Waals surface area contributed by atoms with Crippen LogP contribution in [0.4, 0.5) is 10.5 Å². The molecule has 1 aliphatic rings. The van der Waals surface area contributed by atoms with Gasteiger partial charge in [-0.3, -0.25) is 25.8 Å². The lowest BCUT2D eigenvalue weighted by Crippen LogP contribution is -2.50. The normalized spacial score (nSPS) is 15.0. The van der Waals surface area contributed by atoms with Gasteiger partial charge in [0, 0.05) is 11.3 Å². The lowest BCUT2D eigenvalue weighted by atomic mass is 10.2. The van der Waals surface area contributed by atoms with E-state index in [1.807, 2.05) is 0 Å². The van der Waals surface area contributed by atoms with Gasteiger partial charge in [0.25, 0.3) is 11.8 Å². The summed E-state index contributed by atoms with van der Waals surface area (Å²) in [5.74, 6) is -0.0423. The molecule has 2 aromatic carbocycles. The Morgan fingerprint density at radius 3 is 2.30 bits per heavy atom. The minimum absolute atomic E-state index is 0.0315. The topological polar surface area (TPSA) is 115 Å². The van der Waals surface area contributed by atoms with Gasteiger partial charge in [-0.25, -0.2) is 4.79 Å². The largest absolute Gasteiger partial charge is 0.485 e. The number of fused-ring (bicyclic) bond motifs is 1. The van der Waals surface area contributed by atoms with Crippen LogP contribution < -0.4 is 25.6 Å². The molecule has 1 atom stereocenters. The SMILES string of the molecule is CC(C)(C)OC(=O)Nc1ccc(C(=O)NNC(=O)[C@H]2COc3ccccc3O2)cc1. The summed E-state index contributed by atoms with van der Waals surface area (Å²) in [5.41, 5.74) is 4.79. The Morgan fingerprint density at radius 2 is 1.63 bits per heavy atom. The van der Waals surface area contributed by atoms with Gasteiger partial charge in [0.15, 0.2) is 11.5 Å². The van der Waals surface area contributed by atoms with Crippen molar-refractivity contribution in [1.29, 1.82) is 0 Å². The number of hydrogen-bond acceptors (Lipinski definition) is 6. The highest BCUT2D eigenvalue weighted by Crippen LogP contribution is 2.30. The summed E-state index contributed by atoms with van der Waals surface area (Å²) < 4.78 is 16.2. The van der Waals surface area contributed by atoms with Crippen molar-refractivity contribution in [1.82, 2.24) is 10.9 Å². The molecule has 0 spiro atoms. The van der Waals surface area contributed by atoms with E-state index in [0.717, 1.165) is 0 Å². The number of nitrogens with one attached hydrogen (secondary N) is 3. The van der Waals surface area contributed by atoms with E-state index in [1.54, 1.807) is 57.2 Å². The van der Waals surface area contributed by atoms with Gasteiger partial charge in [-0.15, -0.1) is 0 Å². The van der Waals surface area contributed by atoms with Crippen LogP contribution in [0, 0.1) is 0 Å². The van der Waals surface area contributed by atoms with Crippen LogP contribution in [0.5, 0.6) is 11.5 Å². The molecule has 9 nitrogen and oxygen atoms in total. The molecule has 3 amide bonds. The van der Waals surface area contributed by atoms with E-state index in [1.165, 1.54) is 12.1 Å². The van der Waals surface area contributed by atoms with Crippen LogP contribution >= 0.6 is 0 Å². The third-order valence-electron chi connectivity index (χ3n) is 3.89. The molecule has 30 heavy (non-hydrogen) atoms. The van der Waals surface area contributed by atoms with Crippen LogP contribution in [0.2, 0.25) is 0 Å². The van der Waals surface area contributed by atoms with Gasteiger partial charge in [-0.1, -0.05) is 12.1 Å². The van der Waals surface area contributed by atoms with Gasteiger partial charge in [0.05, 0.1) is 0 Å². The van der Waals surface area contributed by atoms with Crippen molar-refractivity contribution in [2.45, 2.75) is 32.5 Å². The fourth-order valence-electron chi connectivity index (χ4n) is 2.55. The monoisotopic (exact) mass is 413 g/mol. The molecule has 0 aliphatic carbocycles. The van der Waals surface area contributed by atoms with Crippen LogP contribution in [-0.4, -0.2) is 36.2 Å². The molecule has 1 heterocycles. The molecular formula is C21H23N3O6. The summed E-state index contributed by atoms with van der Waals surface area (Å²) in [4.78, 5) is 36.3. The molecule has 1 aliphatic heterocycles. The molecule has 0 radical (unpaired) electrons. The second kappa shape index (κ2) is 8.73. The van der Waals surface area contributed by atoms with E-state index in [-0.39, 0.29) is 12.2 Å². The number of benzene rings is 2. The number of carbonyl (C=O) groups is 3. The summed E-state index contributed by atoms with van der Waals surface area (Å²) in [6, 6.07) is 13.1. The highest BCUT2D eigenvalue weighted by atomic mass is 16.6. The molecular weight excluding hydrogens is 390 g/mol. The van der Waals surface area contributed by atoms with Crippen molar-refractivity contribution in [2.75, 3.05) is 11.9 Å². The van der Waals surface area contributed by atoms with Crippen molar-refractivity contribution in [3.8, 4) is 11.5 Å². The molecule has 9 heteroatoms. The zero-order chi connectivity index (χ0) is 21.7. The average molecular weight is 413 g/mol. The molecule has 0 unspecified atom stereocenters. The number of hydrazine groups is 1. The highest BCUT2D eigenvalue weighted by molar-refractivity contribution is 5.96. The smallest absolute Gasteiger partial charge is 0.412 e. The Hall–Kier alpha value is -3.75. The third kappa shape index (κ3) is 5.63. The standard InChI is InChI=1S/C21H23N3O6/c1-21(2,3)30-20(27)22-14-10-8-13(9-11-14)18(25)23-24-19(26)17-12-28-15-6-4-5-7-16(15)29-17/h4-11,17H,12H2,1-3H3,(H,22,27)(H,23,25)(H,24,26)/t17-/m1/s1. The fraction of sp³-hybridized carbons (Fsp3) is 0.286. The Labute approximate surface area is 173 Å². The predicted molar refractivity (Wildman–Crippen MR) is 108 cm³/mol. The number of amides is 3. The van der Waals surface area contributed by atoms with E-state index in [2.05, 4.69) is 16.2 Å². The van der Waals surface area contributed by atoms with Crippen molar-refractivity contribution in [3.63, 3.8) is 0 Å². The lowest BCUT2D eigenvalue weighted by Gasteiger charge is -2.25. The summed E-state index contributed by atoms with van der Waals surface area (Å²) in [6.07, 6.45) is -1.48. The first-order chi connectivity index (χ1) is 14.2. The fourth-order valence-corrected chi connectivity index (χ4v) is 2.55. The summed E-state index contributed by atoms with van der Waals surface area (Å²) in [6.45, 7) is 5.32. The highest BCUT2D eigenvalue weighted by Gasteiger charge is 2.27. The second-order valence-electron chi connectivity index (χ2n) is 7.51. The van der Waals surface area contributed by atoms with Crippen LogP contribution in [0.3, 0.4) is 0 Å². The number of para-hydroxylation sites is 2. The Balaban J connectivity index is 1.49. The molecule has 3 N–H and O–H groups in total. The van der Waals surface area contributed by atoms with Crippen molar-refractivity contribution >= 4 is 23.6 Å². The van der Waals surface area contributed by atoms with Crippen molar-refractivity contribution in [2.24, 2.45) is 0 Å². The number of carbonyl (C=O) groups excluding carboxylic acids is 3. The minimum Gasteiger partial charge on any atom is -0.485 e. The van der Waals surface area contributed by atoms with Gasteiger partial charge in [0.2, 0.25) is 6.10 Å². The van der Waals surface area contributed by atoms with Crippen LogP contribution in [0.1, 0.15) is 31.1 Å². The van der Waals surface area contributed by atoms with Gasteiger partial charge >= 0.3 is 6.09 Å². The quantitative estimate of drug-likeness (QED) is 0.667. The Kier molecular flexibility index (Phi) is 6.10. The van der Waals surface area contributed by atoms with E-state index in [0.29, 0.717) is 17.2 Å². The van der Waals surface area contributed by atoms with Crippen LogP contribution in [-0.2, 0) is 9.53 Å². The zero-order valence-electron chi connectivity index (χ0n) is 16.9. The predicted octanol–water partition coefficient (Wildman–Crippen LogP) is 2.63. The van der Waals surface area contributed by atoms with Gasteiger partial charge in [-0.2, -0.15) is 0 Å². The molecule has 0 saturated heterocycles. The number of hydrogen-bond donors (Lipinski definition) is 3. The van der Waals surface area contributed by atoms with E-state index in [4.69, 9.17) is 14.2 Å². The number of rotatable bonds is 3. The van der Waals surface area contributed by atoms with E-state index in [9.17, 15) is 14.4 Å². The molecule has 0 fully saturated rings. The molecule has 2 aromatic rings. The molecule has 0 saturated carbocycles. The maximum atomic E-state index is 12.2. The minimum atomic E-state index is -0.888. The number of ether oxygens (including phenoxy) is 3. The molecule has 3 rings (SSSR count). The lowest BCUT2D eigenvalue weighted by molar-refractivity contribution is -0.131. The maximum Gasteiger partial charge on any atom is 0.412 e. The summed E-state index contributed by atoms with van der Waals surface area (Å²) in [5, 5.41) is 2.57. The van der Waals surface area contributed by atoms with E-state index < -0.39 is 29.6 Å². The van der Waals surface area contributed by atoms with Gasteiger partial charge in [-0.05, 0) is 57.2 Å². The second-order valence-corrected chi connectivity index (χ2v) is 7.51. The molecule has 0 bridgehead atoms. The van der Waals surface area contributed by atoms with Crippen LogP contribution in [0.25, 0.3) is 0 Å². The van der Waals surface area contributed by atoms with Gasteiger partial charge < -0.3 is 14.2 Å². The first-order valence-electron chi connectivity index (χ1n) is 9.30. The average Bonchev–Trinajstić information content (AvgIpc) is 2.70. The zero-order valence-corrected chi connectivity index (χ0v) is 16.9. The molecule has 0 aromatic heterocycles. The Bertz CT molecular complexity index is 937. The molecule has 158 valence electrons. The first-order valence-corrected chi connectivity index (χ1v) is 9.30. The Morgan fingerprint density at radius 1 is 0.967 bits per heavy atom. The van der Waals surface area contributed by atoms with Crippen molar-refractivity contribution < 1.29 is 28.6 Å². The van der Waals surface area contributed by atoms with Gasteiger partial charge in [0.1, 0.15) is 12.2 Å². The third-order valence-corrected chi connectivity index (χ3v) is 3.89. The van der Waals surface area contributed by atoms with Crippen molar-refractivity contribution in [3.05, 3.63) is 54.1 Å². The summed E-state index contributed by atoms with van der Waals surface area (Å²) in [7, 11) is 0. The van der Waals surface area contributed by atoms with Crippen LogP contribution in [0.15, 0.2) is 48.5 Å². The number of anilines is 1. The summed E-state index contributed by atoms with van der Waals surface area (Å²) >= 11 is 0. The first kappa shape index (κ1) is 21.0.